The van der Waals surface area contributed by atoms with E-state index in [4.69, 9.17) is 0 Å². The van der Waals surface area contributed by atoms with Gasteiger partial charge < -0.3 is 40.9 Å². The Morgan fingerprint density at radius 3 is 1.66 bits per heavy atom. The molecule has 2 aliphatic heterocycles. The van der Waals surface area contributed by atoms with E-state index in [1.165, 1.54) is 24.0 Å². The van der Waals surface area contributed by atoms with Crippen molar-refractivity contribution in [2.24, 2.45) is 0 Å². The molecule has 2 aliphatic rings. The summed E-state index contributed by atoms with van der Waals surface area (Å²) in [6.07, 6.45) is 1.48. The largest absolute Gasteiger partial charge is 0.480 e. The number of carbonyl (C=O) groups excluding carboxylic acids is 4. The van der Waals surface area contributed by atoms with Crippen molar-refractivity contribution in [1.29, 1.82) is 0 Å². The molecular formula is C34H54BN9O12. The summed E-state index contributed by atoms with van der Waals surface area (Å²) in [6.45, 7) is 3.45. The first-order valence-electron chi connectivity index (χ1n) is 18.5. The van der Waals surface area contributed by atoms with Gasteiger partial charge in [-0.25, -0.2) is 0 Å². The second kappa shape index (κ2) is 23.3. The van der Waals surface area contributed by atoms with Crippen LogP contribution in [0.25, 0.3) is 0 Å². The number of benzene rings is 1. The summed E-state index contributed by atoms with van der Waals surface area (Å²) in [5.74, 6) is -5.45. The fraction of sp³-hybridized carbons (Fsp3) is 0.618. The van der Waals surface area contributed by atoms with Crippen molar-refractivity contribution in [3.8, 4) is 0 Å². The molecule has 4 amide bonds. The van der Waals surface area contributed by atoms with Crippen LogP contribution in [0.2, 0.25) is 0 Å². The number of hydrogen-bond acceptors (Lipinski definition) is 14. The summed E-state index contributed by atoms with van der Waals surface area (Å²) in [4.78, 5) is 93.3. The second-order valence-corrected chi connectivity index (χ2v) is 13.8. The van der Waals surface area contributed by atoms with Crippen molar-refractivity contribution in [1.82, 2.24) is 40.6 Å². The molecule has 9 N–H and O–H groups in total. The van der Waals surface area contributed by atoms with Crippen molar-refractivity contribution >= 4 is 54.3 Å². The van der Waals surface area contributed by atoms with E-state index in [0.717, 1.165) is 0 Å². The molecule has 2 fully saturated rings. The number of hydrogen-bond donors (Lipinski definition) is 9. The van der Waals surface area contributed by atoms with E-state index < -0.39 is 48.8 Å². The van der Waals surface area contributed by atoms with Crippen LogP contribution in [-0.2, 0) is 28.8 Å². The van der Waals surface area contributed by atoms with E-state index in [9.17, 15) is 58.9 Å². The molecule has 3 rings (SSSR count). The molecule has 2 heterocycles. The lowest BCUT2D eigenvalue weighted by Crippen LogP contribution is -2.52. The normalized spacial score (nSPS) is 18.5. The Hall–Kier alpha value is -4.87. The number of aliphatic carboxylic acids is 3. The molecule has 2 atom stereocenters. The Bertz CT molecular complexity index is 1470. The lowest BCUT2D eigenvalue weighted by molar-refractivity contribution is -0.140. The minimum Gasteiger partial charge on any atom is -0.480 e. The number of carbonyl (C=O) groups is 7. The monoisotopic (exact) mass is 791 g/mol. The SMILES string of the molecule is C[C@@H](NC(=O)c1ccc(NNC(=O)CCCNC(=O)CN2CCN(CC(=O)O)CCN(CC(=O)O)CCN(CC(=O)O)CC2)cc1)C(=O)N1CCC[C@H]1B(O)O. The average molecular weight is 792 g/mol. The van der Waals surface area contributed by atoms with Gasteiger partial charge in [-0.05, 0) is 50.5 Å². The first-order chi connectivity index (χ1) is 26.6. The van der Waals surface area contributed by atoms with Crippen molar-refractivity contribution in [2.45, 2.75) is 44.6 Å². The predicted molar refractivity (Wildman–Crippen MR) is 201 cm³/mol. The van der Waals surface area contributed by atoms with Crippen LogP contribution >= 0.6 is 0 Å². The van der Waals surface area contributed by atoms with E-state index in [-0.39, 0.29) is 95.8 Å². The minimum atomic E-state index is -1.66. The van der Waals surface area contributed by atoms with Gasteiger partial charge in [-0.2, -0.15) is 0 Å². The zero-order chi connectivity index (χ0) is 41.2. The summed E-state index contributed by atoms with van der Waals surface area (Å²) in [6, 6.07) is 5.26. The maximum absolute atomic E-state index is 12.9. The van der Waals surface area contributed by atoms with E-state index >= 15 is 0 Å². The highest BCUT2D eigenvalue weighted by molar-refractivity contribution is 6.43. The van der Waals surface area contributed by atoms with Gasteiger partial charge in [-0.1, -0.05) is 0 Å². The second-order valence-electron chi connectivity index (χ2n) is 13.8. The van der Waals surface area contributed by atoms with Crippen molar-refractivity contribution < 1.29 is 58.9 Å². The van der Waals surface area contributed by atoms with Crippen LogP contribution in [0, 0.1) is 0 Å². The molecule has 0 aliphatic carbocycles. The molecule has 1 aromatic carbocycles. The highest BCUT2D eigenvalue weighted by atomic mass is 16.4. The summed E-state index contributed by atoms with van der Waals surface area (Å²) in [5.41, 5.74) is 6.05. The standard InChI is InChI=1S/C34H54BN9O12/c1-24(34(54)44-11-3-4-27(44)35(55)56)37-33(53)25-6-8-26(9-7-25)38-39-28(45)5-2-10-36-29(46)20-40-12-14-41(21-30(47)48)16-18-43(23-32(51)52)19-17-42(15-13-40)22-31(49)50/h6-9,24,27,38,55-56H,2-5,10-23H2,1H3,(H,36,46)(H,37,53)(H,39,45)(H,47,48)(H,49,50)(H,51,52)/t24-,27+/m1/s1. The number of anilines is 1. The maximum atomic E-state index is 12.9. The van der Waals surface area contributed by atoms with Gasteiger partial charge in [0.15, 0.2) is 0 Å². The molecule has 56 heavy (non-hydrogen) atoms. The van der Waals surface area contributed by atoms with Crippen LogP contribution < -0.4 is 21.5 Å². The molecule has 310 valence electrons. The van der Waals surface area contributed by atoms with Crippen LogP contribution in [0.15, 0.2) is 24.3 Å². The number of likely N-dealkylation sites (tertiary alicyclic amines) is 1. The Labute approximate surface area is 325 Å². The van der Waals surface area contributed by atoms with Gasteiger partial charge >= 0.3 is 25.0 Å². The van der Waals surface area contributed by atoms with Crippen LogP contribution in [0.3, 0.4) is 0 Å². The van der Waals surface area contributed by atoms with Gasteiger partial charge in [0.05, 0.1) is 37.8 Å². The zero-order valence-electron chi connectivity index (χ0n) is 31.6. The van der Waals surface area contributed by atoms with Crippen LogP contribution in [0.1, 0.15) is 43.0 Å². The smallest absolute Gasteiger partial charge is 0.475 e. The predicted octanol–water partition coefficient (Wildman–Crippen LogP) is -3.38. The first kappa shape index (κ1) is 45.5. The Morgan fingerprint density at radius 2 is 1.20 bits per heavy atom. The number of nitrogens with one attached hydrogen (secondary N) is 4. The zero-order valence-corrected chi connectivity index (χ0v) is 31.6. The number of carboxylic acids is 3. The Balaban J connectivity index is 1.42. The fourth-order valence-corrected chi connectivity index (χ4v) is 6.40. The maximum Gasteiger partial charge on any atom is 0.475 e. The number of rotatable bonds is 18. The molecule has 21 nitrogen and oxygen atoms in total. The van der Waals surface area contributed by atoms with Gasteiger partial charge in [0.25, 0.3) is 5.91 Å². The van der Waals surface area contributed by atoms with Gasteiger partial charge in [0.1, 0.15) is 6.04 Å². The molecule has 0 aromatic heterocycles. The van der Waals surface area contributed by atoms with E-state index in [2.05, 4.69) is 21.5 Å². The average Bonchev–Trinajstić information content (AvgIpc) is 3.63. The Kier molecular flexibility index (Phi) is 18.9. The minimum absolute atomic E-state index is 0.0449. The topological polar surface area (TPSA) is 285 Å². The van der Waals surface area contributed by atoms with Crippen molar-refractivity contribution in [2.75, 3.05) is 97.1 Å². The molecule has 0 bridgehead atoms. The third kappa shape index (κ3) is 16.5. The summed E-state index contributed by atoms with van der Waals surface area (Å²) in [5, 5.41) is 52.6. The quantitative estimate of drug-likeness (QED) is 0.0398. The van der Waals surface area contributed by atoms with E-state index in [1.807, 2.05) is 0 Å². The first-order valence-corrected chi connectivity index (χ1v) is 18.5. The number of carboxylic acid groups (broad SMARTS) is 3. The molecule has 0 radical (unpaired) electrons. The van der Waals surface area contributed by atoms with E-state index in [0.29, 0.717) is 44.6 Å². The highest BCUT2D eigenvalue weighted by Crippen LogP contribution is 2.19. The summed E-state index contributed by atoms with van der Waals surface area (Å²) in [7, 11) is -1.66. The van der Waals surface area contributed by atoms with Gasteiger partial charge in [0.2, 0.25) is 17.7 Å². The van der Waals surface area contributed by atoms with Crippen LogP contribution in [0.5, 0.6) is 0 Å². The molecule has 2 saturated heterocycles. The van der Waals surface area contributed by atoms with Gasteiger partial charge in [0, 0.05) is 77.4 Å². The van der Waals surface area contributed by atoms with Crippen molar-refractivity contribution in [3.63, 3.8) is 0 Å². The highest BCUT2D eigenvalue weighted by Gasteiger charge is 2.38. The van der Waals surface area contributed by atoms with Crippen LogP contribution in [0.4, 0.5) is 5.69 Å². The molecule has 1 aromatic rings. The van der Waals surface area contributed by atoms with Gasteiger partial charge in [-0.3, -0.25) is 64.0 Å². The molecular weight excluding hydrogens is 737 g/mol. The fourth-order valence-electron chi connectivity index (χ4n) is 6.40. The number of nitrogens with zero attached hydrogens (tertiary/aromatic N) is 5. The van der Waals surface area contributed by atoms with Crippen molar-refractivity contribution in [3.05, 3.63) is 29.8 Å². The number of amides is 4. The molecule has 0 spiro atoms. The van der Waals surface area contributed by atoms with Gasteiger partial charge in [-0.15, -0.1) is 0 Å². The van der Waals surface area contributed by atoms with E-state index in [1.54, 1.807) is 31.7 Å². The van der Waals surface area contributed by atoms with Crippen LogP contribution in [-0.4, -0.2) is 202 Å². The molecule has 22 heteroatoms. The lowest BCUT2D eigenvalue weighted by atomic mass is 9.78. The number of hydrazine groups is 1. The lowest BCUT2D eigenvalue weighted by Gasteiger charge is -2.32. The Morgan fingerprint density at radius 1 is 0.714 bits per heavy atom. The molecule has 0 saturated carbocycles. The molecule has 0 unspecified atom stereocenters. The summed E-state index contributed by atoms with van der Waals surface area (Å²) < 4.78 is 0. The summed E-state index contributed by atoms with van der Waals surface area (Å²) >= 11 is 0. The third-order valence-corrected chi connectivity index (χ3v) is 9.41. The third-order valence-electron chi connectivity index (χ3n) is 9.41.